The van der Waals surface area contributed by atoms with Gasteiger partial charge in [-0.1, -0.05) is 102 Å². The summed E-state index contributed by atoms with van der Waals surface area (Å²) in [6, 6.07) is 14.6. The molecule has 0 unspecified atom stereocenters. The normalized spacial score (nSPS) is 10.9. The SMILES string of the molecule is CCCCCCCCCCCCOc1c(C)cc(OCc2ccccc2)cc1CC. The molecule has 2 aromatic carbocycles. The van der Waals surface area contributed by atoms with Crippen molar-refractivity contribution in [1.29, 1.82) is 0 Å². The van der Waals surface area contributed by atoms with Gasteiger partial charge in [-0.25, -0.2) is 0 Å². The minimum atomic E-state index is 0.599. The maximum atomic E-state index is 6.19. The molecule has 0 aromatic heterocycles. The Hall–Kier alpha value is -1.96. The van der Waals surface area contributed by atoms with E-state index in [1.165, 1.54) is 74.5 Å². The standard InChI is InChI=1S/C28H42O2/c1-4-6-7-8-9-10-11-12-13-17-20-29-28-24(3)21-27(22-26(28)5-2)30-23-25-18-15-14-16-19-25/h14-16,18-19,21-22H,4-13,17,20,23H2,1-3H3. The van der Waals surface area contributed by atoms with Gasteiger partial charge in [-0.05, 0) is 48.6 Å². The maximum absolute atomic E-state index is 6.19. The van der Waals surface area contributed by atoms with Crippen LogP contribution in [0.15, 0.2) is 42.5 Å². The highest BCUT2D eigenvalue weighted by Gasteiger charge is 2.10. The second kappa shape index (κ2) is 14.9. The Morgan fingerprint density at radius 3 is 1.97 bits per heavy atom. The van der Waals surface area contributed by atoms with Crippen LogP contribution < -0.4 is 9.47 Å². The molecule has 0 aliphatic carbocycles. The van der Waals surface area contributed by atoms with Gasteiger partial charge in [0.25, 0.3) is 0 Å². The third-order valence-electron chi connectivity index (χ3n) is 5.70. The third-order valence-corrected chi connectivity index (χ3v) is 5.70. The summed E-state index contributed by atoms with van der Waals surface area (Å²) in [4.78, 5) is 0. The van der Waals surface area contributed by atoms with Crippen molar-refractivity contribution in [1.82, 2.24) is 0 Å². The van der Waals surface area contributed by atoms with Gasteiger partial charge in [0, 0.05) is 0 Å². The number of aryl methyl sites for hydroxylation is 2. The Bertz CT molecular complexity index is 693. The van der Waals surface area contributed by atoms with Crippen molar-refractivity contribution in [2.24, 2.45) is 0 Å². The molecule has 0 bridgehead atoms. The van der Waals surface area contributed by atoms with Gasteiger partial charge in [-0.15, -0.1) is 0 Å². The van der Waals surface area contributed by atoms with Gasteiger partial charge >= 0.3 is 0 Å². The van der Waals surface area contributed by atoms with Crippen molar-refractivity contribution >= 4 is 0 Å². The fourth-order valence-corrected chi connectivity index (χ4v) is 3.87. The number of rotatable bonds is 16. The molecule has 0 spiro atoms. The zero-order chi connectivity index (χ0) is 21.4. The van der Waals surface area contributed by atoms with E-state index < -0.39 is 0 Å². The van der Waals surface area contributed by atoms with Crippen LogP contribution in [0.5, 0.6) is 11.5 Å². The van der Waals surface area contributed by atoms with Gasteiger partial charge in [0.15, 0.2) is 0 Å². The van der Waals surface area contributed by atoms with E-state index in [4.69, 9.17) is 9.47 Å². The number of ether oxygens (including phenoxy) is 2. The van der Waals surface area contributed by atoms with E-state index in [1.807, 2.05) is 18.2 Å². The molecule has 0 N–H and O–H groups in total. The molecular weight excluding hydrogens is 368 g/mol. The first kappa shape index (κ1) is 24.3. The average molecular weight is 411 g/mol. The van der Waals surface area contributed by atoms with Crippen LogP contribution in [0.2, 0.25) is 0 Å². The van der Waals surface area contributed by atoms with E-state index in [1.54, 1.807) is 0 Å². The van der Waals surface area contributed by atoms with Gasteiger partial charge < -0.3 is 9.47 Å². The first-order chi connectivity index (χ1) is 14.7. The van der Waals surface area contributed by atoms with Crippen LogP contribution in [0, 0.1) is 6.92 Å². The minimum Gasteiger partial charge on any atom is -0.493 e. The van der Waals surface area contributed by atoms with Gasteiger partial charge in [0.2, 0.25) is 0 Å². The van der Waals surface area contributed by atoms with Gasteiger partial charge in [-0.3, -0.25) is 0 Å². The summed E-state index contributed by atoms with van der Waals surface area (Å²) in [5, 5.41) is 0. The maximum Gasteiger partial charge on any atom is 0.125 e. The summed E-state index contributed by atoms with van der Waals surface area (Å²) in [7, 11) is 0. The largest absolute Gasteiger partial charge is 0.493 e. The molecule has 0 aliphatic heterocycles. The quantitative estimate of drug-likeness (QED) is 0.258. The van der Waals surface area contributed by atoms with Crippen molar-refractivity contribution in [3.8, 4) is 11.5 Å². The number of benzene rings is 2. The first-order valence-electron chi connectivity index (χ1n) is 12.2. The van der Waals surface area contributed by atoms with E-state index in [-0.39, 0.29) is 0 Å². The summed E-state index contributed by atoms with van der Waals surface area (Å²) in [6.45, 7) is 8.00. The Kier molecular flexibility index (Phi) is 12.1. The molecular formula is C28H42O2. The van der Waals surface area contributed by atoms with E-state index in [2.05, 4.69) is 45.0 Å². The Morgan fingerprint density at radius 2 is 1.33 bits per heavy atom. The van der Waals surface area contributed by atoms with E-state index >= 15 is 0 Å². The summed E-state index contributed by atoms with van der Waals surface area (Å²) in [6.07, 6.45) is 14.5. The second-order valence-corrected chi connectivity index (χ2v) is 8.39. The first-order valence-corrected chi connectivity index (χ1v) is 12.2. The summed E-state index contributed by atoms with van der Waals surface area (Å²) >= 11 is 0. The highest BCUT2D eigenvalue weighted by molar-refractivity contribution is 5.46. The smallest absolute Gasteiger partial charge is 0.125 e. The Balaban J connectivity index is 1.68. The molecule has 2 aromatic rings. The van der Waals surface area contributed by atoms with E-state index in [9.17, 15) is 0 Å². The van der Waals surface area contributed by atoms with Gasteiger partial charge in [0.05, 0.1) is 6.61 Å². The minimum absolute atomic E-state index is 0.599. The molecule has 0 atom stereocenters. The summed E-state index contributed by atoms with van der Waals surface area (Å²) in [5.74, 6) is 1.99. The van der Waals surface area contributed by atoms with Crippen molar-refractivity contribution < 1.29 is 9.47 Å². The lowest BCUT2D eigenvalue weighted by molar-refractivity contribution is 0.292. The van der Waals surface area contributed by atoms with Crippen LogP contribution >= 0.6 is 0 Å². The molecule has 0 radical (unpaired) electrons. The van der Waals surface area contributed by atoms with Crippen LogP contribution in [-0.2, 0) is 13.0 Å². The molecule has 166 valence electrons. The molecule has 30 heavy (non-hydrogen) atoms. The summed E-state index contributed by atoms with van der Waals surface area (Å²) in [5.41, 5.74) is 3.60. The second-order valence-electron chi connectivity index (χ2n) is 8.39. The lowest BCUT2D eigenvalue weighted by Gasteiger charge is -2.16. The van der Waals surface area contributed by atoms with E-state index in [0.717, 1.165) is 30.9 Å². The molecule has 0 amide bonds. The van der Waals surface area contributed by atoms with Crippen LogP contribution in [0.3, 0.4) is 0 Å². The fraction of sp³-hybridized carbons (Fsp3) is 0.571. The van der Waals surface area contributed by atoms with E-state index in [0.29, 0.717) is 6.61 Å². The predicted molar refractivity (Wildman–Crippen MR) is 129 cm³/mol. The lowest BCUT2D eigenvalue weighted by atomic mass is 10.1. The summed E-state index contributed by atoms with van der Waals surface area (Å²) < 4.78 is 12.2. The molecule has 0 saturated carbocycles. The molecule has 2 nitrogen and oxygen atoms in total. The molecule has 0 saturated heterocycles. The molecule has 2 heteroatoms. The van der Waals surface area contributed by atoms with Crippen molar-refractivity contribution in [3.63, 3.8) is 0 Å². The van der Waals surface area contributed by atoms with Crippen LogP contribution in [0.4, 0.5) is 0 Å². The monoisotopic (exact) mass is 410 g/mol. The van der Waals surface area contributed by atoms with Crippen LogP contribution in [-0.4, -0.2) is 6.61 Å². The topological polar surface area (TPSA) is 18.5 Å². The van der Waals surface area contributed by atoms with Gasteiger partial charge in [-0.2, -0.15) is 0 Å². The lowest BCUT2D eigenvalue weighted by Crippen LogP contribution is -2.03. The number of unbranched alkanes of at least 4 members (excludes halogenated alkanes) is 9. The highest BCUT2D eigenvalue weighted by atomic mass is 16.5. The third kappa shape index (κ3) is 9.24. The zero-order valence-electron chi connectivity index (χ0n) is 19.6. The molecule has 0 heterocycles. The molecule has 2 rings (SSSR count). The predicted octanol–water partition coefficient (Wildman–Crippen LogP) is 8.44. The zero-order valence-corrected chi connectivity index (χ0v) is 19.6. The Morgan fingerprint density at radius 1 is 0.700 bits per heavy atom. The van der Waals surface area contributed by atoms with Crippen molar-refractivity contribution in [3.05, 3.63) is 59.2 Å². The Labute approximate surface area is 185 Å². The molecule has 0 aliphatic rings. The van der Waals surface area contributed by atoms with Crippen LogP contribution in [0.1, 0.15) is 94.7 Å². The van der Waals surface area contributed by atoms with Crippen molar-refractivity contribution in [2.75, 3.05) is 6.61 Å². The fourth-order valence-electron chi connectivity index (χ4n) is 3.87. The van der Waals surface area contributed by atoms with Crippen molar-refractivity contribution in [2.45, 2.75) is 98.0 Å². The van der Waals surface area contributed by atoms with Gasteiger partial charge in [0.1, 0.15) is 18.1 Å². The highest BCUT2D eigenvalue weighted by Crippen LogP contribution is 2.30. The average Bonchev–Trinajstić information content (AvgIpc) is 2.77. The number of hydrogen-bond acceptors (Lipinski definition) is 2. The molecule has 0 fully saturated rings. The number of hydrogen-bond donors (Lipinski definition) is 0. The van der Waals surface area contributed by atoms with Crippen LogP contribution in [0.25, 0.3) is 0 Å².